The Bertz CT molecular complexity index is 1210. The van der Waals surface area contributed by atoms with Crippen LogP contribution in [0.25, 0.3) is 5.69 Å². The Morgan fingerprint density at radius 3 is 2.69 bits per heavy atom. The van der Waals surface area contributed by atoms with Crippen LogP contribution in [0.4, 0.5) is 10.1 Å². The van der Waals surface area contributed by atoms with E-state index in [2.05, 4.69) is 10.4 Å². The lowest BCUT2D eigenvalue weighted by molar-refractivity contribution is -0.149. The zero-order valence-electron chi connectivity index (χ0n) is 19.4. The standard InChI is InChI=1S/C26H27FN4O4/c1-2-35-26(34)23-8-3-4-13-30(23)25(33)19-9-11-22(12-10-19)31-17-21(16-28-31)29-24(32)15-18-6-5-7-20(27)14-18/h5-7,9-12,14,16-17,23H,2-4,8,13,15H2,1H3,(H,29,32). The van der Waals surface area contributed by atoms with Crippen molar-refractivity contribution in [2.45, 2.75) is 38.6 Å². The number of nitrogens with one attached hydrogen (secondary N) is 1. The van der Waals surface area contributed by atoms with E-state index >= 15 is 0 Å². The number of ether oxygens (including phenoxy) is 1. The molecule has 1 aliphatic rings. The molecule has 4 rings (SSSR count). The van der Waals surface area contributed by atoms with Gasteiger partial charge in [0.15, 0.2) is 0 Å². The average Bonchev–Trinajstić information content (AvgIpc) is 3.32. The van der Waals surface area contributed by atoms with Crippen LogP contribution in [0.15, 0.2) is 60.9 Å². The molecule has 1 atom stereocenters. The van der Waals surface area contributed by atoms with Crippen molar-refractivity contribution in [2.24, 2.45) is 0 Å². The molecule has 1 fully saturated rings. The van der Waals surface area contributed by atoms with Crippen LogP contribution < -0.4 is 5.32 Å². The maximum Gasteiger partial charge on any atom is 0.328 e. The summed E-state index contributed by atoms with van der Waals surface area (Å²) in [5, 5.41) is 7.02. The number of hydrogen-bond donors (Lipinski definition) is 1. The molecular formula is C26H27FN4O4. The highest BCUT2D eigenvalue weighted by Crippen LogP contribution is 2.22. The highest BCUT2D eigenvalue weighted by molar-refractivity contribution is 5.97. The van der Waals surface area contributed by atoms with Crippen molar-refractivity contribution >= 4 is 23.5 Å². The van der Waals surface area contributed by atoms with Crippen LogP contribution in [0, 0.1) is 5.82 Å². The minimum Gasteiger partial charge on any atom is -0.464 e. The van der Waals surface area contributed by atoms with Gasteiger partial charge in [-0.25, -0.2) is 13.9 Å². The molecule has 0 saturated carbocycles. The van der Waals surface area contributed by atoms with Crippen LogP contribution in [0.3, 0.4) is 0 Å². The minimum atomic E-state index is -0.555. The van der Waals surface area contributed by atoms with Crippen LogP contribution in [0.2, 0.25) is 0 Å². The summed E-state index contributed by atoms with van der Waals surface area (Å²) >= 11 is 0. The van der Waals surface area contributed by atoms with Crippen molar-refractivity contribution in [3.8, 4) is 5.69 Å². The molecule has 1 aromatic heterocycles. The summed E-state index contributed by atoms with van der Waals surface area (Å²) < 4.78 is 20.0. The van der Waals surface area contributed by atoms with Crippen molar-refractivity contribution in [3.05, 3.63) is 77.9 Å². The summed E-state index contributed by atoms with van der Waals surface area (Å²) in [5.41, 5.74) is 2.25. The molecule has 0 radical (unpaired) electrons. The molecule has 182 valence electrons. The van der Waals surface area contributed by atoms with E-state index < -0.39 is 6.04 Å². The summed E-state index contributed by atoms with van der Waals surface area (Å²) in [6.45, 7) is 2.55. The Balaban J connectivity index is 1.40. The monoisotopic (exact) mass is 478 g/mol. The second kappa shape index (κ2) is 10.9. The quantitative estimate of drug-likeness (QED) is 0.522. The van der Waals surface area contributed by atoms with Crippen LogP contribution in [0.5, 0.6) is 0 Å². The lowest BCUT2D eigenvalue weighted by Crippen LogP contribution is -2.48. The Hall–Kier alpha value is -4.01. The van der Waals surface area contributed by atoms with Crippen LogP contribution in [-0.2, 0) is 20.7 Å². The number of nitrogens with zero attached hydrogens (tertiary/aromatic N) is 3. The maximum absolute atomic E-state index is 13.3. The number of hydrogen-bond acceptors (Lipinski definition) is 5. The summed E-state index contributed by atoms with van der Waals surface area (Å²) in [6, 6.07) is 12.2. The summed E-state index contributed by atoms with van der Waals surface area (Å²) in [4.78, 5) is 39.3. The van der Waals surface area contributed by atoms with E-state index in [-0.39, 0.29) is 36.6 Å². The molecule has 2 amide bonds. The molecule has 0 aliphatic carbocycles. The summed E-state index contributed by atoms with van der Waals surface area (Å²) in [6.07, 6.45) is 5.54. The third kappa shape index (κ3) is 5.92. The number of halogens is 1. The molecule has 0 spiro atoms. The lowest BCUT2D eigenvalue weighted by atomic mass is 10.0. The van der Waals surface area contributed by atoms with Crippen molar-refractivity contribution in [2.75, 3.05) is 18.5 Å². The molecule has 35 heavy (non-hydrogen) atoms. The van der Waals surface area contributed by atoms with Gasteiger partial charge in [-0.3, -0.25) is 9.59 Å². The normalized spacial score (nSPS) is 15.5. The van der Waals surface area contributed by atoms with Gasteiger partial charge in [0.1, 0.15) is 11.9 Å². The van der Waals surface area contributed by atoms with E-state index in [1.165, 1.54) is 18.3 Å². The van der Waals surface area contributed by atoms with Crippen molar-refractivity contribution < 1.29 is 23.5 Å². The fraction of sp³-hybridized carbons (Fsp3) is 0.308. The van der Waals surface area contributed by atoms with Gasteiger partial charge < -0.3 is 15.0 Å². The number of carbonyl (C=O) groups is 3. The van der Waals surface area contributed by atoms with Gasteiger partial charge >= 0.3 is 5.97 Å². The van der Waals surface area contributed by atoms with E-state index in [9.17, 15) is 18.8 Å². The van der Waals surface area contributed by atoms with Gasteiger partial charge in [0.2, 0.25) is 5.91 Å². The van der Waals surface area contributed by atoms with E-state index in [0.717, 1.165) is 12.8 Å². The lowest BCUT2D eigenvalue weighted by Gasteiger charge is -2.34. The van der Waals surface area contributed by atoms with Crippen LogP contribution in [0.1, 0.15) is 42.1 Å². The first-order chi connectivity index (χ1) is 16.9. The van der Waals surface area contributed by atoms with Gasteiger partial charge in [0, 0.05) is 12.1 Å². The fourth-order valence-corrected chi connectivity index (χ4v) is 4.15. The number of rotatable bonds is 7. The molecule has 2 heterocycles. The Kier molecular flexibility index (Phi) is 7.54. The number of esters is 1. The first-order valence-electron chi connectivity index (χ1n) is 11.6. The molecule has 1 N–H and O–H groups in total. The van der Waals surface area contributed by atoms with Crippen LogP contribution in [-0.4, -0.2) is 51.7 Å². The molecule has 3 aromatic rings. The maximum atomic E-state index is 13.3. The zero-order chi connectivity index (χ0) is 24.8. The number of piperidine rings is 1. The van der Waals surface area contributed by atoms with Gasteiger partial charge in [0.25, 0.3) is 5.91 Å². The Morgan fingerprint density at radius 1 is 1.14 bits per heavy atom. The minimum absolute atomic E-state index is 0.0447. The topological polar surface area (TPSA) is 93.5 Å². The number of benzene rings is 2. The molecule has 1 saturated heterocycles. The molecule has 0 bridgehead atoms. The molecule has 1 aliphatic heterocycles. The van der Waals surface area contributed by atoms with E-state index in [0.29, 0.717) is 35.5 Å². The highest BCUT2D eigenvalue weighted by Gasteiger charge is 2.33. The van der Waals surface area contributed by atoms with E-state index in [4.69, 9.17) is 4.74 Å². The molecule has 1 unspecified atom stereocenters. The average molecular weight is 479 g/mol. The third-order valence-electron chi connectivity index (χ3n) is 5.82. The summed E-state index contributed by atoms with van der Waals surface area (Å²) in [7, 11) is 0. The highest BCUT2D eigenvalue weighted by atomic mass is 19.1. The first kappa shape index (κ1) is 24.1. The Morgan fingerprint density at radius 2 is 1.94 bits per heavy atom. The van der Waals surface area contributed by atoms with Gasteiger partial charge in [-0.1, -0.05) is 12.1 Å². The number of carbonyl (C=O) groups excluding carboxylic acids is 3. The molecule has 8 nitrogen and oxygen atoms in total. The fourth-order valence-electron chi connectivity index (χ4n) is 4.15. The van der Waals surface area contributed by atoms with Crippen LogP contribution >= 0.6 is 0 Å². The SMILES string of the molecule is CCOC(=O)C1CCCCN1C(=O)c1ccc(-n2cc(NC(=O)Cc3cccc(F)c3)cn2)cc1. The van der Waals surface area contributed by atoms with Gasteiger partial charge in [-0.15, -0.1) is 0 Å². The smallest absolute Gasteiger partial charge is 0.328 e. The molecule has 9 heteroatoms. The predicted octanol–water partition coefficient (Wildman–Crippen LogP) is 3.75. The van der Waals surface area contributed by atoms with Crippen molar-refractivity contribution in [1.82, 2.24) is 14.7 Å². The predicted molar refractivity (Wildman–Crippen MR) is 128 cm³/mol. The van der Waals surface area contributed by atoms with Gasteiger partial charge in [0.05, 0.1) is 36.8 Å². The zero-order valence-corrected chi connectivity index (χ0v) is 19.4. The first-order valence-corrected chi connectivity index (χ1v) is 11.6. The third-order valence-corrected chi connectivity index (χ3v) is 5.82. The Labute approximate surface area is 202 Å². The molecule has 2 aromatic carbocycles. The van der Waals surface area contributed by atoms with Crippen molar-refractivity contribution in [3.63, 3.8) is 0 Å². The van der Waals surface area contributed by atoms with Gasteiger partial charge in [-0.05, 0) is 68.1 Å². The second-order valence-corrected chi connectivity index (χ2v) is 8.34. The number of aromatic nitrogens is 2. The largest absolute Gasteiger partial charge is 0.464 e. The number of anilines is 1. The second-order valence-electron chi connectivity index (χ2n) is 8.34. The van der Waals surface area contributed by atoms with Gasteiger partial charge in [-0.2, -0.15) is 5.10 Å². The van der Waals surface area contributed by atoms with Crippen molar-refractivity contribution in [1.29, 1.82) is 0 Å². The number of amides is 2. The number of likely N-dealkylation sites (tertiary alicyclic amines) is 1. The molecular weight excluding hydrogens is 451 g/mol. The van der Waals surface area contributed by atoms with E-state index in [1.54, 1.807) is 59.1 Å². The summed E-state index contributed by atoms with van der Waals surface area (Å²) in [5.74, 6) is -1.24. The van der Waals surface area contributed by atoms with E-state index in [1.807, 2.05) is 0 Å².